The van der Waals surface area contributed by atoms with E-state index in [0.717, 1.165) is 44.2 Å². The molecule has 2 heterocycles. The summed E-state index contributed by atoms with van der Waals surface area (Å²) in [7, 11) is 0. The maximum Gasteiger partial charge on any atom is 0.198 e. The number of anilines is 1. The lowest BCUT2D eigenvalue weighted by Crippen LogP contribution is -2.40. The van der Waals surface area contributed by atoms with Gasteiger partial charge in [0.15, 0.2) is 5.96 Å². The first-order valence-corrected chi connectivity index (χ1v) is 7.54. The molecule has 1 aromatic heterocycles. The average molecular weight is 411 g/mol. The van der Waals surface area contributed by atoms with Crippen molar-refractivity contribution in [2.75, 3.05) is 24.5 Å². The van der Waals surface area contributed by atoms with Crippen LogP contribution in [0.25, 0.3) is 0 Å². The Balaban J connectivity index is 0.00000176. The van der Waals surface area contributed by atoms with Crippen molar-refractivity contribution in [2.45, 2.75) is 19.8 Å². The Bertz CT molecular complexity index is 610. The zero-order chi connectivity index (χ0) is 14.5. The molecule has 4 nitrogen and oxygen atoms in total. The van der Waals surface area contributed by atoms with Gasteiger partial charge >= 0.3 is 0 Å². The lowest BCUT2D eigenvalue weighted by atomic mass is 10.2. The number of hydrogen-bond acceptors (Lipinski definition) is 2. The van der Waals surface area contributed by atoms with E-state index in [1.165, 1.54) is 11.3 Å². The molecule has 0 aliphatic carbocycles. The molecule has 1 N–H and O–H groups in total. The molecule has 0 saturated heterocycles. The molecule has 0 atom stereocenters. The maximum atomic E-state index is 5.35. The number of hydrogen-bond donors (Lipinski definition) is 1. The summed E-state index contributed by atoms with van der Waals surface area (Å²) >= 11 is 0. The summed E-state index contributed by atoms with van der Waals surface area (Å²) in [4.78, 5) is 7.02. The third-order valence-corrected chi connectivity index (χ3v) is 3.68. The summed E-state index contributed by atoms with van der Waals surface area (Å²) in [5.74, 6) is 1.95. The van der Waals surface area contributed by atoms with Gasteiger partial charge < -0.3 is 14.6 Å². The number of benzene rings is 1. The lowest BCUT2D eigenvalue weighted by molar-refractivity contribution is 0.511. The first-order valence-electron chi connectivity index (χ1n) is 7.54. The van der Waals surface area contributed by atoms with E-state index in [2.05, 4.69) is 41.4 Å². The van der Waals surface area contributed by atoms with Crippen LogP contribution in [-0.2, 0) is 12.8 Å². The molecule has 0 amide bonds. The third kappa shape index (κ3) is 3.82. The van der Waals surface area contributed by atoms with Crippen molar-refractivity contribution in [3.05, 3.63) is 54.0 Å². The molecule has 118 valence electrons. The highest BCUT2D eigenvalue weighted by molar-refractivity contribution is 14.0. The second-order valence-electron chi connectivity index (χ2n) is 5.10. The molecule has 0 radical (unpaired) electrons. The molecule has 3 rings (SSSR count). The summed E-state index contributed by atoms with van der Waals surface area (Å²) in [5, 5.41) is 3.39. The van der Waals surface area contributed by atoms with E-state index in [9.17, 15) is 0 Å². The van der Waals surface area contributed by atoms with Crippen LogP contribution < -0.4 is 10.2 Å². The number of nitrogens with zero attached hydrogens (tertiary/aromatic N) is 2. The first-order chi connectivity index (χ1) is 10.4. The van der Waals surface area contributed by atoms with Gasteiger partial charge in [-0.1, -0.05) is 18.2 Å². The third-order valence-electron chi connectivity index (χ3n) is 3.68. The zero-order valence-corrected chi connectivity index (χ0v) is 15.1. The predicted molar refractivity (Wildman–Crippen MR) is 101 cm³/mol. The molecule has 1 aromatic carbocycles. The SMILES string of the molecule is CCNC(=NCCc1ccco1)N1CCc2ccccc21.I. The quantitative estimate of drug-likeness (QED) is 0.476. The second-order valence-corrected chi connectivity index (χ2v) is 5.10. The topological polar surface area (TPSA) is 40.8 Å². The number of nitrogens with one attached hydrogen (secondary N) is 1. The van der Waals surface area contributed by atoms with Gasteiger partial charge in [-0.2, -0.15) is 0 Å². The van der Waals surface area contributed by atoms with Gasteiger partial charge in [0, 0.05) is 31.7 Å². The number of guanidine groups is 1. The predicted octanol–water partition coefficient (Wildman–Crippen LogP) is 3.47. The van der Waals surface area contributed by atoms with Crippen molar-refractivity contribution >= 4 is 35.6 Å². The minimum absolute atomic E-state index is 0. The molecule has 22 heavy (non-hydrogen) atoms. The van der Waals surface area contributed by atoms with E-state index in [1.807, 2.05) is 12.1 Å². The fourth-order valence-electron chi connectivity index (χ4n) is 2.68. The number of rotatable bonds is 4. The van der Waals surface area contributed by atoms with Crippen LogP contribution in [0.5, 0.6) is 0 Å². The summed E-state index contributed by atoms with van der Waals surface area (Å²) in [5.41, 5.74) is 2.67. The number of fused-ring (bicyclic) bond motifs is 1. The standard InChI is InChI=1S/C17H21N3O.HI/c1-2-18-17(19-11-9-15-7-5-13-21-15)20-12-10-14-6-3-4-8-16(14)20;/h3-8,13H,2,9-12H2,1H3,(H,18,19);1H. The Morgan fingerprint density at radius 3 is 2.91 bits per heavy atom. The van der Waals surface area contributed by atoms with Crippen molar-refractivity contribution in [3.63, 3.8) is 0 Å². The molecule has 5 heteroatoms. The maximum absolute atomic E-state index is 5.35. The summed E-state index contributed by atoms with van der Waals surface area (Å²) in [6, 6.07) is 12.5. The van der Waals surface area contributed by atoms with Gasteiger partial charge in [-0.05, 0) is 37.1 Å². The smallest absolute Gasteiger partial charge is 0.198 e. The molecule has 0 spiro atoms. The number of para-hydroxylation sites is 1. The van der Waals surface area contributed by atoms with E-state index >= 15 is 0 Å². The highest BCUT2D eigenvalue weighted by Crippen LogP contribution is 2.27. The fraction of sp³-hybridized carbons (Fsp3) is 0.353. The average Bonchev–Trinajstić information content (AvgIpc) is 3.16. The molecule has 1 aliphatic rings. The van der Waals surface area contributed by atoms with Crippen LogP contribution in [0.15, 0.2) is 52.1 Å². The Hall–Kier alpha value is -1.50. The van der Waals surface area contributed by atoms with E-state index in [0.29, 0.717) is 0 Å². The van der Waals surface area contributed by atoms with Gasteiger partial charge in [0.05, 0.1) is 6.26 Å². The Labute approximate surface area is 148 Å². The molecule has 0 unspecified atom stereocenters. The Kier molecular flexibility index (Phi) is 6.30. The molecule has 0 fully saturated rings. The van der Waals surface area contributed by atoms with E-state index in [4.69, 9.17) is 9.41 Å². The molecule has 0 saturated carbocycles. The zero-order valence-electron chi connectivity index (χ0n) is 12.8. The van der Waals surface area contributed by atoms with Crippen LogP contribution in [0, 0.1) is 0 Å². The van der Waals surface area contributed by atoms with Gasteiger partial charge in [-0.25, -0.2) is 0 Å². The van der Waals surface area contributed by atoms with Crippen molar-refractivity contribution in [3.8, 4) is 0 Å². The van der Waals surface area contributed by atoms with Crippen molar-refractivity contribution in [2.24, 2.45) is 4.99 Å². The summed E-state index contributed by atoms with van der Waals surface area (Å²) in [6.45, 7) is 4.70. The second kappa shape index (κ2) is 8.22. The minimum atomic E-state index is 0. The Morgan fingerprint density at radius 1 is 1.27 bits per heavy atom. The van der Waals surface area contributed by atoms with Gasteiger partial charge in [0.1, 0.15) is 5.76 Å². The number of furan rings is 1. The highest BCUT2D eigenvalue weighted by Gasteiger charge is 2.22. The van der Waals surface area contributed by atoms with Gasteiger partial charge in [0.2, 0.25) is 0 Å². The van der Waals surface area contributed by atoms with Crippen molar-refractivity contribution in [1.29, 1.82) is 0 Å². The van der Waals surface area contributed by atoms with Gasteiger partial charge in [-0.3, -0.25) is 4.99 Å². The molecular formula is C17H22IN3O. The van der Waals surface area contributed by atoms with Crippen LogP contribution in [0.2, 0.25) is 0 Å². The van der Waals surface area contributed by atoms with Crippen LogP contribution in [-0.4, -0.2) is 25.6 Å². The summed E-state index contributed by atoms with van der Waals surface area (Å²) in [6.07, 6.45) is 3.62. The van der Waals surface area contributed by atoms with Gasteiger partial charge in [-0.15, -0.1) is 24.0 Å². The van der Waals surface area contributed by atoms with Crippen molar-refractivity contribution in [1.82, 2.24) is 5.32 Å². The van der Waals surface area contributed by atoms with Crippen molar-refractivity contribution < 1.29 is 4.42 Å². The number of halogens is 1. The molecule has 2 aromatic rings. The summed E-state index contributed by atoms with van der Waals surface area (Å²) < 4.78 is 5.35. The first kappa shape index (κ1) is 16.9. The van der Waals surface area contributed by atoms with Crippen LogP contribution in [0.3, 0.4) is 0 Å². The molecule has 0 bridgehead atoms. The number of aliphatic imine (C=N–C) groups is 1. The Morgan fingerprint density at radius 2 is 2.14 bits per heavy atom. The minimum Gasteiger partial charge on any atom is -0.469 e. The van der Waals surface area contributed by atoms with E-state index in [1.54, 1.807) is 6.26 Å². The van der Waals surface area contributed by atoms with Crippen LogP contribution >= 0.6 is 24.0 Å². The lowest BCUT2D eigenvalue weighted by Gasteiger charge is -2.22. The van der Waals surface area contributed by atoms with E-state index in [-0.39, 0.29) is 24.0 Å². The molecule has 1 aliphatic heterocycles. The monoisotopic (exact) mass is 411 g/mol. The normalized spacial score (nSPS) is 13.7. The van der Waals surface area contributed by atoms with E-state index < -0.39 is 0 Å². The van der Waals surface area contributed by atoms with Crippen LogP contribution in [0.1, 0.15) is 18.2 Å². The van der Waals surface area contributed by atoms with Gasteiger partial charge in [0.25, 0.3) is 0 Å². The fourth-order valence-corrected chi connectivity index (χ4v) is 2.68. The van der Waals surface area contributed by atoms with Crippen LogP contribution in [0.4, 0.5) is 5.69 Å². The molecular weight excluding hydrogens is 389 g/mol. The largest absolute Gasteiger partial charge is 0.469 e. The highest BCUT2D eigenvalue weighted by atomic mass is 127.